The predicted octanol–water partition coefficient (Wildman–Crippen LogP) is 2.16. The van der Waals surface area contributed by atoms with Crippen molar-refractivity contribution in [3.63, 3.8) is 0 Å². The summed E-state index contributed by atoms with van der Waals surface area (Å²) in [4.78, 5) is 25.7. The van der Waals surface area contributed by atoms with Gasteiger partial charge in [0, 0.05) is 0 Å². The summed E-state index contributed by atoms with van der Waals surface area (Å²) in [5.41, 5.74) is 0. The van der Waals surface area contributed by atoms with Crippen molar-refractivity contribution in [1.29, 1.82) is 0 Å². The summed E-state index contributed by atoms with van der Waals surface area (Å²) in [6.07, 6.45) is 4.03. The third kappa shape index (κ3) is 3.72. The van der Waals surface area contributed by atoms with Crippen molar-refractivity contribution in [3.05, 3.63) is 0 Å². The Labute approximate surface area is 82.0 Å². The number of hydrogen-bond donors (Lipinski definition) is 0. The molecular weight excluding hydrogens is 186 g/mol. The highest BCUT2D eigenvalue weighted by Crippen LogP contribution is 2.19. The van der Waals surface area contributed by atoms with Gasteiger partial charge in [-0.3, -0.25) is 9.59 Å². The maximum absolute atomic E-state index is 11.0. The zero-order valence-corrected chi connectivity index (χ0v) is 8.52. The fourth-order valence-electron chi connectivity index (χ4n) is 1.13. The van der Waals surface area contributed by atoms with Gasteiger partial charge in [-0.25, -0.2) is 4.99 Å². The van der Waals surface area contributed by atoms with Gasteiger partial charge in [0.2, 0.25) is 5.12 Å². The molecule has 0 radical (unpaired) electrons. The fraction of sp³-hybridized carbons (Fsp3) is 0.667. The monoisotopic (exact) mass is 199 g/mol. The number of carbonyl (C=O) groups excluding carboxylic acids is 2. The van der Waals surface area contributed by atoms with Gasteiger partial charge in [0.05, 0.1) is 11.5 Å². The molecule has 4 heteroatoms. The molecule has 3 nitrogen and oxygen atoms in total. The molecule has 13 heavy (non-hydrogen) atoms. The van der Waals surface area contributed by atoms with E-state index in [-0.39, 0.29) is 17.4 Å². The Morgan fingerprint density at radius 2 is 2.15 bits per heavy atom. The van der Waals surface area contributed by atoms with Crippen molar-refractivity contribution in [2.24, 2.45) is 4.99 Å². The van der Waals surface area contributed by atoms with Crippen LogP contribution in [0.4, 0.5) is 0 Å². The normalized spacial score (nSPS) is 17.5. The van der Waals surface area contributed by atoms with Crippen LogP contribution in [0.5, 0.6) is 0 Å². The van der Waals surface area contributed by atoms with Crippen molar-refractivity contribution >= 4 is 27.8 Å². The number of nitrogens with zero attached hydrogens (tertiary/aromatic N) is 1. The second kappa shape index (κ2) is 5.17. The van der Waals surface area contributed by atoms with Gasteiger partial charge in [-0.15, -0.1) is 0 Å². The van der Waals surface area contributed by atoms with Crippen LogP contribution in [-0.4, -0.2) is 16.1 Å². The van der Waals surface area contributed by atoms with Crippen LogP contribution < -0.4 is 0 Å². The third-order valence-electron chi connectivity index (χ3n) is 1.77. The topological polar surface area (TPSA) is 46.5 Å². The average Bonchev–Trinajstić information content (AvgIpc) is 2.03. The molecule has 0 bridgehead atoms. The first-order valence-corrected chi connectivity index (χ1v) is 5.35. The molecule has 1 amide bonds. The van der Waals surface area contributed by atoms with Crippen LogP contribution in [-0.2, 0) is 9.59 Å². The van der Waals surface area contributed by atoms with Gasteiger partial charge in [0.1, 0.15) is 0 Å². The van der Waals surface area contributed by atoms with E-state index in [1.165, 1.54) is 0 Å². The summed E-state index contributed by atoms with van der Waals surface area (Å²) >= 11 is 1.13. The standard InChI is InChI=1S/C9H13NO2S/c1-2-3-4-5-8-10-7(11)6-9(12)13-8/h2-6H2,1H3. The summed E-state index contributed by atoms with van der Waals surface area (Å²) < 4.78 is 0. The molecule has 1 aliphatic rings. The van der Waals surface area contributed by atoms with Crippen molar-refractivity contribution in [1.82, 2.24) is 0 Å². The molecule has 0 saturated heterocycles. The third-order valence-corrected chi connectivity index (χ3v) is 2.67. The van der Waals surface area contributed by atoms with Crippen LogP contribution in [0.1, 0.15) is 39.0 Å². The first-order chi connectivity index (χ1) is 6.22. The van der Waals surface area contributed by atoms with Crippen LogP contribution in [0.2, 0.25) is 0 Å². The van der Waals surface area contributed by atoms with E-state index in [1.807, 2.05) is 0 Å². The molecule has 0 unspecified atom stereocenters. The van der Waals surface area contributed by atoms with Crippen molar-refractivity contribution in [2.45, 2.75) is 39.0 Å². The second-order valence-electron chi connectivity index (χ2n) is 3.01. The zero-order chi connectivity index (χ0) is 9.68. The Morgan fingerprint density at radius 1 is 1.38 bits per heavy atom. The second-order valence-corrected chi connectivity index (χ2v) is 4.14. The van der Waals surface area contributed by atoms with Gasteiger partial charge in [-0.2, -0.15) is 0 Å². The highest BCUT2D eigenvalue weighted by atomic mass is 32.2. The molecule has 0 fully saturated rings. The molecule has 0 N–H and O–H groups in total. The number of thioether (sulfide) groups is 1. The molecule has 0 spiro atoms. The van der Waals surface area contributed by atoms with Gasteiger partial charge in [-0.1, -0.05) is 19.8 Å². The lowest BCUT2D eigenvalue weighted by Gasteiger charge is -2.08. The Kier molecular flexibility index (Phi) is 4.15. The Hall–Kier alpha value is -0.640. The maximum atomic E-state index is 11.0. The Bertz CT molecular complexity index is 248. The lowest BCUT2D eigenvalue weighted by Crippen LogP contribution is -2.13. The minimum Gasteiger partial charge on any atom is -0.286 e. The molecule has 0 aromatic heterocycles. The average molecular weight is 199 g/mol. The number of carbonyl (C=O) groups is 2. The van der Waals surface area contributed by atoms with E-state index in [9.17, 15) is 9.59 Å². The zero-order valence-electron chi connectivity index (χ0n) is 7.71. The predicted molar refractivity (Wildman–Crippen MR) is 53.8 cm³/mol. The highest BCUT2D eigenvalue weighted by molar-refractivity contribution is 8.26. The van der Waals surface area contributed by atoms with Gasteiger partial charge in [0.25, 0.3) is 5.91 Å². The van der Waals surface area contributed by atoms with E-state index < -0.39 is 0 Å². The van der Waals surface area contributed by atoms with E-state index in [0.29, 0.717) is 5.04 Å². The molecule has 0 atom stereocenters. The summed E-state index contributed by atoms with van der Waals surface area (Å²) in [6, 6.07) is 0. The lowest BCUT2D eigenvalue weighted by atomic mass is 10.2. The number of amides is 1. The Morgan fingerprint density at radius 3 is 2.77 bits per heavy atom. The first kappa shape index (κ1) is 10.4. The summed E-state index contributed by atoms with van der Waals surface area (Å²) in [5, 5.41) is 0.640. The van der Waals surface area contributed by atoms with E-state index in [2.05, 4.69) is 11.9 Å². The minimum atomic E-state index is -0.282. The van der Waals surface area contributed by atoms with Crippen molar-refractivity contribution in [3.8, 4) is 0 Å². The van der Waals surface area contributed by atoms with Crippen molar-refractivity contribution in [2.75, 3.05) is 0 Å². The quantitative estimate of drug-likeness (QED) is 0.515. The van der Waals surface area contributed by atoms with E-state index in [1.54, 1.807) is 0 Å². The van der Waals surface area contributed by atoms with E-state index >= 15 is 0 Å². The first-order valence-electron chi connectivity index (χ1n) is 4.53. The van der Waals surface area contributed by atoms with Crippen LogP contribution >= 0.6 is 11.8 Å². The van der Waals surface area contributed by atoms with Crippen LogP contribution in [0.25, 0.3) is 0 Å². The van der Waals surface area contributed by atoms with Gasteiger partial charge in [-0.05, 0) is 24.6 Å². The van der Waals surface area contributed by atoms with Gasteiger partial charge < -0.3 is 0 Å². The fourth-order valence-corrected chi connectivity index (χ4v) is 1.98. The van der Waals surface area contributed by atoms with Crippen molar-refractivity contribution < 1.29 is 9.59 Å². The summed E-state index contributed by atoms with van der Waals surface area (Å²) in [5.74, 6) is -0.282. The Balaban J connectivity index is 2.40. The summed E-state index contributed by atoms with van der Waals surface area (Å²) in [6.45, 7) is 2.12. The SMILES string of the molecule is CCCCCC1=NC(=O)CC(=O)S1. The van der Waals surface area contributed by atoms with Crippen LogP contribution in [0.3, 0.4) is 0 Å². The molecule has 1 aliphatic heterocycles. The molecule has 0 aliphatic carbocycles. The maximum Gasteiger partial charge on any atom is 0.254 e. The van der Waals surface area contributed by atoms with Crippen LogP contribution in [0.15, 0.2) is 4.99 Å². The van der Waals surface area contributed by atoms with Crippen LogP contribution in [0, 0.1) is 0 Å². The highest BCUT2D eigenvalue weighted by Gasteiger charge is 2.19. The lowest BCUT2D eigenvalue weighted by molar-refractivity contribution is -0.122. The largest absolute Gasteiger partial charge is 0.286 e. The van der Waals surface area contributed by atoms with Gasteiger partial charge in [0.15, 0.2) is 0 Å². The minimum absolute atomic E-state index is 0.0258. The number of unbranched alkanes of at least 4 members (excludes halogenated alkanes) is 2. The molecule has 0 aromatic carbocycles. The molecule has 1 heterocycles. The molecule has 72 valence electrons. The smallest absolute Gasteiger partial charge is 0.254 e. The molecule has 0 saturated carbocycles. The number of hydrogen-bond acceptors (Lipinski definition) is 3. The number of aliphatic imine (C=N–C) groups is 1. The summed E-state index contributed by atoms with van der Waals surface area (Å²) in [7, 11) is 0. The molecule has 1 rings (SSSR count). The molecular formula is C9H13NO2S. The molecule has 0 aromatic rings. The van der Waals surface area contributed by atoms with Gasteiger partial charge >= 0.3 is 0 Å². The van der Waals surface area contributed by atoms with E-state index in [4.69, 9.17) is 0 Å². The number of rotatable bonds is 4. The van der Waals surface area contributed by atoms with E-state index in [0.717, 1.165) is 37.4 Å².